The van der Waals surface area contributed by atoms with Crippen molar-refractivity contribution in [1.82, 2.24) is 5.32 Å². The van der Waals surface area contributed by atoms with Crippen LogP contribution in [0.15, 0.2) is 60.7 Å². The zero-order valence-electron chi connectivity index (χ0n) is 15.5. The number of benzene rings is 2. The molecule has 0 aliphatic heterocycles. The van der Waals surface area contributed by atoms with E-state index < -0.39 is 11.8 Å². The van der Waals surface area contributed by atoms with Gasteiger partial charge in [0, 0.05) is 12.0 Å². The Morgan fingerprint density at radius 3 is 1.88 bits per heavy atom. The number of nitrogens with two attached hydrogens (primary N) is 1. The summed E-state index contributed by atoms with van der Waals surface area (Å²) in [7, 11) is 0. The van der Waals surface area contributed by atoms with Crippen molar-refractivity contribution in [3.63, 3.8) is 0 Å². The lowest BCUT2D eigenvalue weighted by Gasteiger charge is -2.25. The summed E-state index contributed by atoms with van der Waals surface area (Å²) in [6.07, 6.45) is 1.95. The van der Waals surface area contributed by atoms with Gasteiger partial charge in [0.25, 0.3) is 0 Å². The Morgan fingerprint density at radius 2 is 1.42 bits per heavy atom. The Balaban J connectivity index is 2.00. The van der Waals surface area contributed by atoms with Crippen LogP contribution in [0.5, 0.6) is 0 Å². The molecule has 2 amide bonds. The standard InChI is InChI=1S/C22H28N2O2/c1-3-19(14-17-10-6-4-7-11-17)22(26)24-16(2)20(21(23)25)15-18-12-8-5-9-13-18/h4-13,16,19-20H,3,14-15H2,1-2H3,(H2,23,25)(H,24,26). The number of hydrogen-bond donors (Lipinski definition) is 2. The summed E-state index contributed by atoms with van der Waals surface area (Å²) in [5.41, 5.74) is 7.78. The molecule has 0 fully saturated rings. The van der Waals surface area contributed by atoms with E-state index in [-0.39, 0.29) is 17.9 Å². The molecule has 2 rings (SSSR count). The van der Waals surface area contributed by atoms with Crippen molar-refractivity contribution in [2.75, 3.05) is 0 Å². The van der Waals surface area contributed by atoms with Crippen molar-refractivity contribution in [1.29, 1.82) is 0 Å². The van der Waals surface area contributed by atoms with E-state index in [0.717, 1.165) is 17.5 Å². The lowest BCUT2D eigenvalue weighted by Crippen LogP contribution is -2.46. The van der Waals surface area contributed by atoms with Crippen molar-refractivity contribution in [3.05, 3.63) is 71.8 Å². The lowest BCUT2D eigenvalue weighted by atomic mass is 9.91. The van der Waals surface area contributed by atoms with Gasteiger partial charge >= 0.3 is 0 Å². The zero-order chi connectivity index (χ0) is 18.9. The first-order valence-electron chi connectivity index (χ1n) is 9.18. The number of nitrogens with one attached hydrogen (secondary N) is 1. The fraction of sp³-hybridized carbons (Fsp3) is 0.364. The summed E-state index contributed by atoms with van der Waals surface area (Å²) < 4.78 is 0. The van der Waals surface area contributed by atoms with Crippen LogP contribution >= 0.6 is 0 Å². The van der Waals surface area contributed by atoms with Gasteiger partial charge in [0.05, 0.1) is 5.92 Å². The number of carbonyl (C=O) groups is 2. The Kier molecular flexibility index (Phi) is 7.39. The van der Waals surface area contributed by atoms with E-state index in [4.69, 9.17) is 5.73 Å². The Labute approximate surface area is 155 Å². The van der Waals surface area contributed by atoms with Crippen molar-refractivity contribution >= 4 is 11.8 Å². The second kappa shape index (κ2) is 9.76. The molecule has 26 heavy (non-hydrogen) atoms. The number of carbonyl (C=O) groups excluding carboxylic acids is 2. The molecule has 3 atom stereocenters. The second-order valence-corrected chi connectivity index (χ2v) is 6.79. The molecular weight excluding hydrogens is 324 g/mol. The molecule has 0 aromatic heterocycles. The third-order valence-corrected chi connectivity index (χ3v) is 4.83. The van der Waals surface area contributed by atoms with Gasteiger partial charge in [0.1, 0.15) is 0 Å². The van der Waals surface area contributed by atoms with Crippen LogP contribution in [0.25, 0.3) is 0 Å². The SMILES string of the molecule is CCC(Cc1ccccc1)C(=O)NC(C)C(Cc1ccccc1)C(N)=O. The Bertz CT molecular complexity index is 701. The fourth-order valence-corrected chi connectivity index (χ4v) is 3.16. The average molecular weight is 352 g/mol. The predicted molar refractivity (Wildman–Crippen MR) is 104 cm³/mol. The van der Waals surface area contributed by atoms with Crippen LogP contribution in [0.2, 0.25) is 0 Å². The number of amides is 2. The second-order valence-electron chi connectivity index (χ2n) is 6.79. The summed E-state index contributed by atoms with van der Waals surface area (Å²) in [4.78, 5) is 24.6. The van der Waals surface area contributed by atoms with E-state index in [1.165, 1.54) is 0 Å². The summed E-state index contributed by atoms with van der Waals surface area (Å²) in [6, 6.07) is 19.4. The fourth-order valence-electron chi connectivity index (χ4n) is 3.16. The van der Waals surface area contributed by atoms with Gasteiger partial charge in [-0.2, -0.15) is 0 Å². The molecule has 138 valence electrons. The first-order valence-corrected chi connectivity index (χ1v) is 9.18. The highest BCUT2D eigenvalue weighted by Gasteiger charge is 2.27. The summed E-state index contributed by atoms with van der Waals surface area (Å²) >= 11 is 0. The molecule has 0 spiro atoms. The minimum absolute atomic E-state index is 0.0248. The van der Waals surface area contributed by atoms with E-state index in [1.54, 1.807) is 0 Å². The van der Waals surface area contributed by atoms with Crippen molar-refractivity contribution in [2.45, 2.75) is 39.2 Å². The van der Waals surface area contributed by atoms with Gasteiger partial charge in [-0.15, -0.1) is 0 Å². The molecule has 0 aliphatic rings. The minimum Gasteiger partial charge on any atom is -0.369 e. The van der Waals surface area contributed by atoms with Gasteiger partial charge in [-0.3, -0.25) is 9.59 Å². The van der Waals surface area contributed by atoms with Gasteiger partial charge in [-0.1, -0.05) is 67.6 Å². The molecule has 2 aromatic rings. The highest BCUT2D eigenvalue weighted by atomic mass is 16.2. The Hall–Kier alpha value is -2.62. The van der Waals surface area contributed by atoms with Crippen molar-refractivity contribution in [3.8, 4) is 0 Å². The third kappa shape index (κ3) is 5.73. The zero-order valence-corrected chi connectivity index (χ0v) is 15.5. The van der Waals surface area contributed by atoms with Crippen LogP contribution in [0, 0.1) is 11.8 Å². The number of rotatable bonds is 9. The van der Waals surface area contributed by atoms with E-state index in [9.17, 15) is 9.59 Å². The van der Waals surface area contributed by atoms with Gasteiger partial charge in [-0.05, 0) is 37.3 Å². The molecule has 0 saturated heterocycles. The van der Waals surface area contributed by atoms with Gasteiger partial charge in [0.2, 0.25) is 11.8 Å². The molecule has 3 unspecified atom stereocenters. The molecule has 0 bridgehead atoms. The molecule has 0 saturated carbocycles. The van der Waals surface area contributed by atoms with Crippen LogP contribution in [-0.4, -0.2) is 17.9 Å². The molecule has 4 heteroatoms. The molecule has 2 aromatic carbocycles. The summed E-state index contributed by atoms with van der Waals surface area (Å²) in [5, 5.41) is 3.01. The maximum Gasteiger partial charge on any atom is 0.223 e. The molecular formula is C22H28N2O2. The van der Waals surface area contributed by atoms with Gasteiger partial charge in [-0.25, -0.2) is 0 Å². The van der Waals surface area contributed by atoms with Crippen molar-refractivity contribution < 1.29 is 9.59 Å². The van der Waals surface area contributed by atoms with E-state index in [2.05, 4.69) is 5.32 Å². The number of primary amides is 1. The highest BCUT2D eigenvalue weighted by Crippen LogP contribution is 2.16. The van der Waals surface area contributed by atoms with E-state index in [0.29, 0.717) is 12.8 Å². The van der Waals surface area contributed by atoms with E-state index >= 15 is 0 Å². The largest absolute Gasteiger partial charge is 0.369 e. The van der Waals surface area contributed by atoms with Crippen LogP contribution in [0.3, 0.4) is 0 Å². The predicted octanol–water partition coefficient (Wildman–Crippen LogP) is 3.10. The monoisotopic (exact) mass is 352 g/mol. The maximum absolute atomic E-state index is 12.7. The third-order valence-electron chi connectivity index (χ3n) is 4.83. The quantitative estimate of drug-likeness (QED) is 0.728. The number of hydrogen-bond acceptors (Lipinski definition) is 2. The normalized spacial score (nSPS) is 14.2. The summed E-state index contributed by atoms with van der Waals surface area (Å²) in [5.74, 6) is -0.971. The van der Waals surface area contributed by atoms with Crippen LogP contribution in [0.4, 0.5) is 0 Å². The molecule has 0 heterocycles. The van der Waals surface area contributed by atoms with E-state index in [1.807, 2.05) is 74.5 Å². The van der Waals surface area contributed by atoms with Crippen molar-refractivity contribution in [2.24, 2.45) is 17.6 Å². The molecule has 4 nitrogen and oxygen atoms in total. The smallest absolute Gasteiger partial charge is 0.223 e. The molecule has 0 aliphatic carbocycles. The first kappa shape index (κ1) is 19.7. The highest BCUT2D eigenvalue weighted by molar-refractivity contribution is 5.82. The average Bonchev–Trinajstić information content (AvgIpc) is 2.65. The minimum atomic E-state index is -0.435. The maximum atomic E-state index is 12.7. The first-order chi connectivity index (χ1) is 12.5. The Morgan fingerprint density at radius 1 is 0.923 bits per heavy atom. The van der Waals surface area contributed by atoms with Gasteiger partial charge < -0.3 is 11.1 Å². The molecule has 0 radical (unpaired) electrons. The van der Waals surface area contributed by atoms with Gasteiger partial charge in [0.15, 0.2) is 0 Å². The summed E-state index contributed by atoms with van der Waals surface area (Å²) in [6.45, 7) is 3.86. The van der Waals surface area contributed by atoms with Crippen LogP contribution in [-0.2, 0) is 22.4 Å². The van der Waals surface area contributed by atoms with Crippen LogP contribution in [0.1, 0.15) is 31.4 Å². The lowest BCUT2D eigenvalue weighted by molar-refractivity contribution is -0.127. The topological polar surface area (TPSA) is 72.2 Å². The molecule has 3 N–H and O–H groups in total. The van der Waals surface area contributed by atoms with Crippen LogP contribution < -0.4 is 11.1 Å².